The topological polar surface area (TPSA) is 54.7 Å². The zero-order chi connectivity index (χ0) is 10.1. The monoisotopic (exact) mass is 205 g/mol. The van der Waals surface area contributed by atoms with Gasteiger partial charge in [0.05, 0.1) is 5.56 Å². The van der Waals surface area contributed by atoms with Gasteiger partial charge in [-0.15, -0.1) is 0 Å². The molecule has 1 aromatic heterocycles. The number of aromatic nitrogens is 1. The van der Waals surface area contributed by atoms with Crippen LogP contribution in [0.25, 0.3) is 0 Å². The van der Waals surface area contributed by atoms with E-state index in [1.165, 1.54) is 16.7 Å². The number of pyridine rings is 1. The molecule has 0 aromatic carbocycles. The third kappa shape index (κ3) is 1.30. The fraction of sp³-hybridized carbons (Fsp3) is 0.400. The van der Waals surface area contributed by atoms with Crippen LogP contribution in [0, 0.1) is 16.0 Å². The molecule has 0 bridgehead atoms. The molecule has 1 aromatic rings. The Kier molecular flexibility index (Phi) is 2.26. The lowest BCUT2D eigenvalue weighted by Crippen LogP contribution is -2.16. The number of hydrogen-bond donors (Lipinski definition) is 1. The number of fused-ring (bicyclic) bond motifs is 1. The summed E-state index contributed by atoms with van der Waals surface area (Å²) in [6.45, 7) is 0. The molecule has 2 rings (SSSR count). The van der Waals surface area contributed by atoms with Crippen LogP contribution in [0.5, 0.6) is 0 Å². The lowest BCUT2D eigenvalue weighted by Gasteiger charge is -2.18. The Bertz CT molecular complexity index is 467. The summed E-state index contributed by atoms with van der Waals surface area (Å²) >= 11 is 5.09. The van der Waals surface area contributed by atoms with Crippen LogP contribution in [-0.2, 0) is 12.8 Å². The van der Waals surface area contributed by atoms with Crippen molar-refractivity contribution in [3.63, 3.8) is 0 Å². The first-order valence-electron chi connectivity index (χ1n) is 4.66. The van der Waals surface area contributed by atoms with E-state index in [0.29, 0.717) is 10.2 Å². The molecular weight excluding hydrogens is 194 g/mol. The molecule has 0 fully saturated rings. The first-order chi connectivity index (χ1) is 6.74. The van der Waals surface area contributed by atoms with Gasteiger partial charge < -0.3 is 5.84 Å². The smallest absolute Gasteiger partial charge is 0.142 e. The van der Waals surface area contributed by atoms with Gasteiger partial charge in [-0.1, -0.05) is 12.2 Å². The molecule has 0 amide bonds. The van der Waals surface area contributed by atoms with Gasteiger partial charge in [-0.2, -0.15) is 5.26 Å². The van der Waals surface area contributed by atoms with Crippen LogP contribution in [0.15, 0.2) is 6.20 Å². The summed E-state index contributed by atoms with van der Waals surface area (Å²) in [5.41, 5.74) is 2.90. The standard InChI is InChI=1S/C10H11N3S/c11-5-9-8-4-2-1-3-7(8)6-13(12)10(9)14/h6H,1-4,12H2. The summed E-state index contributed by atoms with van der Waals surface area (Å²) in [4.78, 5) is 0. The minimum Gasteiger partial charge on any atom is -0.338 e. The van der Waals surface area contributed by atoms with E-state index in [9.17, 15) is 0 Å². The van der Waals surface area contributed by atoms with Gasteiger partial charge >= 0.3 is 0 Å². The zero-order valence-corrected chi connectivity index (χ0v) is 8.60. The molecule has 1 heterocycles. The zero-order valence-electron chi connectivity index (χ0n) is 7.79. The average Bonchev–Trinajstić information content (AvgIpc) is 2.20. The minimum absolute atomic E-state index is 0.452. The Morgan fingerprint density at radius 2 is 2.14 bits per heavy atom. The minimum atomic E-state index is 0.452. The predicted octanol–water partition coefficient (Wildman–Crippen LogP) is 1.68. The number of nitrogen functional groups attached to an aromatic ring is 1. The van der Waals surface area contributed by atoms with E-state index in [4.69, 9.17) is 23.3 Å². The Morgan fingerprint density at radius 3 is 2.86 bits per heavy atom. The van der Waals surface area contributed by atoms with Crippen molar-refractivity contribution in [1.82, 2.24) is 4.68 Å². The Balaban J connectivity index is 2.74. The van der Waals surface area contributed by atoms with Gasteiger partial charge in [0, 0.05) is 6.20 Å². The Morgan fingerprint density at radius 1 is 1.43 bits per heavy atom. The van der Waals surface area contributed by atoms with Crippen molar-refractivity contribution < 1.29 is 0 Å². The van der Waals surface area contributed by atoms with E-state index in [2.05, 4.69) is 6.07 Å². The van der Waals surface area contributed by atoms with Crippen LogP contribution in [0.2, 0.25) is 0 Å². The third-order valence-electron chi connectivity index (χ3n) is 2.67. The van der Waals surface area contributed by atoms with Gasteiger partial charge in [0.25, 0.3) is 0 Å². The highest BCUT2D eigenvalue weighted by Crippen LogP contribution is 2.24. The normalized spacial score (nSPS) is 14.5. The molecule has 72 valence electrons. The van der Waals surface area contributed by atoms with Crippen molar-refractivity contribution in [2.24, 2.45) is 0 Å². The molecule has 0 atom stereocenters. The van der Waals surface area contributed by atoms with Crippen molar-refractivity contribution in [3.05, 3.63) is 27.5 Å². The van der Waals surface area contributed by atoms with Gasteiger partial charge in [-0.3, -0.25) is 4.68 Å². The molecule has 3 nitrogen and oxygen atoms in total. The molecule has 4 heteroatoms. The summed E-state index contributed by atoms with van der Waals surface area (Å²) in [7, 11) is 0. The van der Waals surface area contributed by atoms with Crippen LogP contribution >= 0.6 is 12.2 Å². The number of nitriles is 1. The highest BCUT2D eigenvalue weighted by atomic mass is 32.1. The SMILES string of the molecule is N#Cc1c2c(cn(N)c1=S)CCCC2. The van der Waals surface area contributed by atoms with Crippen LogP contribution in [0.1, 0.15) is 29.5 Å². The van der Waals surface area contributed by atoms with Gasteiger partial charge in [0.1, 0.15) is 10.7 Å². The second kappa shape index (κ2) is 3.43. The summed E-state index contributed by atoms with van der Waals surface area (Å²) in [6, 6.07) is 2.16. The van der Waals surface area contributed by atoms with Gasteiger partial charge in [0.2, 0.25) is 0 Å². The van der Waals surface area contributed by atoms with Gasteiger partial charge in [-0.25, -0.2) is 0 Å². The Labute approximate surface area is 87.7 Å². The summed E-state index contributed by atoms with van der Waals surface area (Å²) in [5.74, 6) is 5.68. The molecular formula is C10H11N3S. The van der Waals surface area contributed by atoms with E-state index in [0.717, 1.165) is 24.8 Å². The Hall–Kier alpha value is -1.34. The van der Waals surface area contributed by atoms with Crippen molar-refractivity contribution in [2.75, 3.05) is 5.84 Å². The second-order valence-corrected chi connectivity index (χ2v) is 3.93. The van der Waals surface area contributed by atoms with Crippen LogP contribution in [0.4, 0.5) is 0 Å². The van der Waals surface area contributed by atoms with Crippen molar-refractivity contribution >= 4 is 12.2 Å². The molecule has 0 spiro atoms. The largest absolute Gasteiger partial charge is 0.338 e. The van der Waals surface area contributed by atoms with Crippen molar-refractivity contribution in [1.29, 1.82) is 5.26 Å². The lowest BCUT2D eigenvalue weighted by atomic mass is 9.90. The van der Waals surface area contributed by atoms with E-state index in [-0.39, 0.29) is 0 Å². The highest BCUT2D eigenvalue weighted by molar-refractivity contribution is 7.71. The average molecular weight is 205 g/mol. The molecule has 0 radical (unpaired) electrons. The number of hydrogen-bond acceptors (Lipinski definition) is 3. The first kappa shape index (κ1) is 9.22. The van der Waals surface area contributed by atoms with Crippen LogP contribution in [0.3, 0.4) is 0 Å². The first-order valence-corrected chi connectivity index (χ1v) is 5.07. The number of nitrogens with two attached hydrogens (primary N) is 1. The summed E-state index contributed by atoms with van der Waals surface area (Å²) in [6.07, 6.45) is 6.15. The lowest BCUT2D eigenvalue weighted by molar-refractivity contribution is 0.673. The summed E-state index contributed by atoms with van der Waals surface area (Å²) in [5, 5.41) is 9.01. The molecule has 0 unspecified atom stereocenters. The third-order valence-corrected chi connectivity index (χ3v) is 3.08. The predicted molar refractivity (Wildman–Crippen MR) is 56.8 cm³/mol. The highest BCUT2D eigenvalue weighted by Gasteiger charge is 2.15. The van der Waals surface area contributed by atoms with Crippen LogP contribution < -0.4 is 5.84 Å². The van der Waals surface area contributed by atoms with E-state index >= 15 is 0 Å². The molecule has 14 heavy (non-hydrogen) atoms. The maximum absolute atomic E-state index is 9.01. The number of nitrogens with zero attached hydrogens (tertiary/aromatic N) is 2. The fourth-order valence-corrected chi connectivity index (χ4v) is 2.18. The second-order valence-electron chi connectivity index (χ2n) is 3.54. The number of aryl methyl sites for hydroxylation is 1. The van der Waals surface area contributed by atoms with Crippen molar-refractivity contribution in [2.45, 2.75) is 25.7 Å². The molecule has 0 saturated heterocycles. The van der Waals surface area contributed by atoms with Crippen molar-refractivity contribution in [3.8, 4) is 6.07 Å². The molecule has 1 aliphatic rings. The number of rotatable bonds is 0. The molecule has 2 N–H and O–H groups in total. The quantitative estimate of drug-likeness (QED) is 0.518. The van der Waals surface area contributed by atoms with Gasteiger partial charge in [-0.05, 0) is 36.8 Å². The molecule has 0 saturated carbocycles. The maximum Gasteiger partial charge on any atom is 0.142 e. The van der Waals surface area contributed by atoms with E-state index in [1.807, 2.05) is 6.20 Å². The van der Waals surface area contributed by atoms with Gasteiger partial charge in [0.15, 0.2) is 0 Å². The fourth-order valence-electron chi connectivity index (χ4n) is 1.96. The summed E-state index contributed by atoms with van der Waals surface area (Å²) < 4.78 is 1.84. The maximum atomic E-state index is 9.01. The molecule has 1 aliphatic carbocycles. The van der Waals surface area contributed by atoms with Crippen LogP contribution in [-0.4, -0.2) is 4.68 Å². The van der Waals surface area contributed by atoms with E-state index < -0.39 is 0 Å². The van der Waals surface area contributed by atoms with E-state index in [1.54, 1.807) is 0 Å². The molecule has 0 aliphatic heterocycles.